The van der Waals surface area contributed by atoms with Gasteiger partial charge in [-0.1, -0.05) is 72.3 Å². The van der Waals surface area contributed by atoms with Crippen LogP contribution in [0.15, 0.2) is 78.9 Å². The van der Waals surface area contributed by atoms with Gasteiger partial charge in [0.05, 0.1) is 11.1 Å². The number of hydrogen-bond donors (Lipinski definition) is 3. The van der Waals surface area contributed by atoms with Gasteiger partial charge >= 0.3 is 11.9 Å². The smallest absolute Gasteiger partial charge is 0.311 e. The summed E-state index contributed by atoms with van der Waals surface area (Å²) in [5, 5.41) is 32.5. The normalized spacial score (nSPS) is 10.6. The molecule has 0 atom stereocenters. The summed E-state index contributed by atoms with van der Waals surface area (Å²) in [4.78, 5) is 24.9. The van der Waals surface area contributed by atoms with E-state index in [1.54, 1.807) is 24.3 Å². The summed E-state index contributed by atoms with van der Waals surface area (Å²) >= 11 is 0. The van der Waals surface area contributed by atoms with Crippen LogP contribution in [0.25, 0.3) is 22.3 Å². The number of carbonyl (C=O) groups is 2. The topological polar surface area (TPSA) is 113 Å². The quantitative estimate of drug-likeness (QED) is 0.165. The van der Waals surface area contributed by atoms with Gasteiger partial charge in [-0.05, 0) is 42.2 Å². The molecule has 0 heterocycles. The fourth-order valence-corrected chi connectivity index (χ4v) is 3.96. The summed E-state index contributed by atoms with van der Waals surface area (Å²) in [6, 6.07) is 22.1. The first-order valence-corrected chi connectivity index (χ1v) is 11.7. The van der Waals surface area contributed by atoms with Crippen LogP contribution in [0.4, 0.5) is 0 Å². The molecule has 0 bridgehead atoms. The van der Waals surface area contributed by atoms with Crippen molar-refractivity contribution in [2.45, 2.75) is 26.7 Å². The maximum atomic E-state index is 12.9. The van der Waals surface area contributed by atoms with Crippen molar-refractivity contribution in [1.82, 2.24) is 0 Å². The highest BCUT2D eigenvalue weighted by Gasteiger charge is 2.30. The molecule has 3 N–H and O–H groups in total. The van der Waals surface area contributed by atoms with Gasteiger partial charge in [0, 0.05) is 13.3 Å². The van der Waals surface area contributed by atoms with Crippen molar-refractivity contribution >= 4 is 11.9 Å². The monoisotopic (exact) mass is 498 g/mol. The first-order chi connectivity index (χ1) is 17.7. The molecule has 0 saturated heterocycles. The minimum absolute atomic E-state index is 0.00101. The number of ether oxygens (including phenoxy) is 2. The Morgan fingerprint density at radius 1 is 0.703 bits per heavy atom. The van der Waals surface area contributed by atoms with E-state index in [2.05, 4.69) is 0 Å². The zero-order valence-corrected chi connectivity index (χ0v) is 20.4. The van der Waals surface area contributed by atoms with E-state index in [-0.39, 0.29) is 34.8 Å². The molecule has 0 aromatic heterocycles. The molecule has 0 radical (unpaired) electrons. The van der Waals surface area contributed by atoms with Gasteiger partial charge in [0.25, 0.3) is 0 Å². The highest BCUT2D eigenvalue weighted by Crippen LogP contribution is 2.56. The van der Waals surface area contributed by atoms with Crippen LogP contribution in [-0.2, 0) is 16.0 Å². The van der Waals surface area contributed by atoms with Gasteiger partial charge in [-0.15, -0.1) is 0 Å². The Kier molecular flexibility index (Phi) is 7.44. The summed E-state index contributed by atoms with van der Waals surface area (Å²) < 4.78 is 11.0. The van der Waals surface area contributed by atoms with E-state index >= 15 is 0 Å². The molecule has 7 heteroatoms. The SMILES string of the molecule is CC(=O)Oc1c(O)c(-c2ccc(O)cc2)c(OC(=O)CCc2ccccc2)c(O)c1-c1ccc(C)cc1. The number of esters is 2. The summed E-state index contributed by atoms with van der Waals surface area (Å²) in [7, 11) is 0. The van der Waals surface area contributed by atoms with Crippen molar-refractivity contribution < 1.29 is 34.4 Å². The Bertz CT molecular complexity index is 1420. The fourth-order valence-electron chi connectivity index (χ4n) is 3.96. The Labute approximate surface area is 214 Å². The maximum absolute atomic E-state index is 12.9. The zero-order valence-electron chi connectivity index (χ0n) is 20.4. The molecule has 0 aliphatic carbocycles. The number of hydrogen-bond acceptors (Lipinski definition) is 7. The van der Waals surface area contributed by atoms with Crippen LogP contribution in [0.1, 0.15) is 24.5 Å². The highest BCUT2D eigenvalue weighted by atomic mass is 16.6. The van der Waals surface area contributed by atoms with E-state index in [4.69, 9.17) is 9.47 Å². The second kappa shape index (κ2) is 10.9. The standard InChI is InChI=1S/C30H26O7/c1-18-8-11-21(12-9-18)25-28(35)30(37-24(33)17-10-20-6-4-3-5-7-20)26(22-13-15-23(32)16-14-22)27(34)29(25)36-19(2)31/h3-9,11-16,32,34-35H,10,17H2,1-2H3. The third kappa shape index (κ3) is 5.73. The van der Waals surface area contributed by atoms with Crippen molar-refractivity contribution in [2.24, 2.45) is 0 Å². The van der Waals surface area contributed by atoms with Crippen LogP contribution in [-0.4, -0.2) is 27.3 Å². The van der Waals surface area contributed by atoms with Gasteiger partial charge in [-0.2, -0.15) is 0 Å². The summed E-state index contributed by atoms with van der Waals surface area (Å²) in [6.45, 7) is 3.06. The number of rotatable bonds is 7. The number of phenolic OH excluding ortho intramolecular Hbond substituents is 3. The summed E-state index contributed by atoms with van der Waals surface area (Å²) in [6.07, 6.45) is 0.433. The van der Waals surface area contributed by atoms with E-state index in [1.807, 2.05) is 37.3 Å². The van der Waals surface area contributed by atoms with Crippen LogP contribution in [0.5, 0.6) is 28.7 Å². The second-order valence-corrected chi connectivity index (χ2v) is 8.57. The Morgan fingerprint density at radius 2 is 1.22 bits per heavy atom. The molecule has 4 aromatic rings. The van der Waals surface area contributed by atoms with Crippen LogP contribution in [0.2, 0.25) is 0 Å². The second-order valence-electron chi connectivity index (χ2n) is 8.57. The van der Waals surface area contributed by atoms with Gasteiger partial charge in [0.15, 0.2) is 23.0 Å². The number of phenols is 3. The first-order valence-electron chi connectivity index (χ1n) is 11.7. The molecular formula is C30H26O7. The van der Waals surface area contributed by atoms with Crippen molar-refractivity contribution in [3.05, 3.63) is 90.0 Å². The largest absolute Gasteiger partial charge is 0.508 e. The van der Waals surface area contributed by atoms with Gasteiger partial charge in [-0.3, -0.25) is 9.59 Å². The van der Waals surface area contributed by atoms with Crippen molar-refractivity contribution in [1.29, 1.82) is 0 Å². The Hall–Kier alpha value is -4.78. The molecule has 0 fully saturated rings. The predicted molar refractivity (Wildman–Crippen MR) is 139 cm³/mol. The van der Waals surface area contributed by atoms with Crippen LogP contribution in [0.3, 0.4) is 0 Å². The molecule has 0 spiro atoms. The lowest BCUT2D eigenvalue weighted by atomic mass is 9.94. The maximum Gasteiger partial charge on any atom is 0.311 e. The van der Waals surface area contributed by atoms with Crippen LogP contribution in [0, 0.1) is 6.92 Å². The summed E-state index contributed by atoms with van der Waals surface area (Å²) in [5.74, 6) is -2.91. The lowest BCUT2D eigenvalue weighted by Crippen LogP contribution is -2.11. The fraction of sp³-hybridized carbons (Fsp3) is 0.133. The van der Waals surface area contributed by atoms with E-state index in [1.165, 1.54) is 31.2 Å². The van der Waals surface area contributed by atoms with E-state index in [0.29, 0.717) is 17.5 Å². The molecule has 0 aliphatic rings. The van der Waals surface area contributed by atoms with Gasteiger partial charge in [-0.25, -0.2) is 0 Å². The molecule has 0 unspecified atom stereocenters. The number of carbonyl (C=O) groups excluding carboxylic acids is 2. The molecule has 188 valence electrons. The third-order valence-electron chi connectivity index (χ3n) is 5.78. The average molecular weight is 499 g/mol. The van der Waals surface area contributed by atoms with E-state index in [0.717, 1.165) is 11.1 Å². The van der Waals surface area contributed by atoms with Gasteiger partial charge in [0.1, 0.15) is 5.75 Å². The Morgan fingerprint density at radius 3 is 1.76 bits per heavy atom. The first kappa shape index (κ1) is 25.3. The molecule has 4 aromatic carbocycles. The van der Waals surface area contributed by atoms with E-state index < -0.39 is 23.4 Å². The molecule has 4 rings (SSSR count). The third-order valence-corrected chi connectivity index (χ3v) is 5.78. The number of benzene rings is 4. The zero-order chi connectivity index (χ0) is 26.5. The predicted octanol–water partition coefficient (Wildman–Crippen LogP) is 5.91. The van der Waals surface area contributed by atoms with Gasteiger partial charge in [0.2, 0.25) is 0 Å². The van der Waals surface area contributed by atoms with Crippen LogP contribution < -0.4 is 9.47 Å². The minimum atomic E-state index is -0.715. The van der Waals surface area contributed by atoms with Crippen molar-refractivity contribution in [3.63, 3.8) is 0 Å². The number of aromatic hydroxyl groups is 3. The summed E-state index contributed by atoms with van der Waals surface area (Å²) in [5.41, 5.74) is 2.60. The number of aryl methyl sites for hydroxylation is 2. The molecule has 0 amide bonds. The van der Waals surface area contributed by atoms with Crippen molar-refractivity contribution in [2.75, 3.05) is 0 Å². The average Bonchev–Trinajstić information content (AvgIpc) is 2.88. The molecule has 0 saturated carbocycles. The Balaban J connectivity index is 1.87. The highest BCUT2D eigenvalue weighted by molar-refractivity contribution is 5.95. The molecule has 37 heavy (non-hydrogen) atoms. The minimum Gasteiger partial charge on any atom is -0.508 e. The molecule has 0 aliphatic heterocycles. The van der Waals surface area contributed by atoms with Crippen LogP contribution >= 0.6 is 0 Å². The lowest BCUT2D eigenvalue weighted by molar-refractivity contribution is -0.134. The molecular weight excluding hydrogens is 472 g/mol. The van der Waals surface area contributed by atoms with E-state index in [9.17, 15) is 24.9 Å². The lowest BCUT2D eigenvalue weighted by Gasteiger charge is -2.20. The van der Waals surface area contributed by atoms with Crippen molar-refractivity contribution in [3.8, 4) is 51.0 Å². The van der Waals surface area contributed by atoms with Gasteiger partial charge < -0.3 is 24.8 Å². The molecule has 7 nitrogen and oxygen atoms in total.